The van der Waals surface area contributed by atoms with Crippen LogP contribution >= 0.6 is 0 Å². The second-order valence-electron chi connectivity index (χ2n) is 3.77. The van der Waals surface area contributed by atoms with E-state index in [1.807, 2.05) is 0 Å². The van der Waals surface area contributed by atoms with E-state index in [2.05, 4.69) is 5.43 Å². The molecule has 0 aliphatic rings. The summed E-state index contributed by atoms with van der Waals surface area (Å²) in [4.78, 5) is 11.0. The Morgan fingerprint density at radius 1 is 1.50 bits per heavy atom. The number of aromatic hydroxyl groups is 2. The van der Waals surface area contributed by atoms with Crippen molar-refractivity contribution in [1.82, 2.24) is 5.43 Å². The summed E-state index contributed by atoms with van der Waals surface area (Å²) in [6, 6.07) is 3.96. The topological polar surface area (TPSA) is 116 Å². The average molecular weight is 226 g/mol. The Balaban J connectivity index is 2.99. The lowest BCUT2D eigenvalue weighted by Crippen LogP contribution is -2.54. The second kappa shape index (κ2) is 4.38. The number of phenols is 2. The van der Waals surface area contributed by atoms with Gasteiger partial charge in [-0.3, -0.25) is 10.6 Å². The van der Waals surface area contributed by atoms with E-state index in [1.54, 1.807) is 0 Å². The van der Waals surface area contributed by atoms with Gasteiger partial charge < -0.3 is 15.3 Å². The molecule has 0 saturated carbocycles. The van der Waals surface area contributed by atoms with Crippen LogP contribution in [0.5, 0.6) is 11.5 Å². The molecule has 16 heavy (non-hydrogen) atoms. The third-order valence-electron chi connectivity index (χ3n) is 2.40. The number of phenolic OH excluding ortho intramolecular Hbond substituents is 2. The van der Waals surface area contributed by atoms with Gasteiger partial charge in [0.15, 0.2) is 0 Å². The summed E-state index contributed by atoms with van der Waals surface area (Å²) in [6.45, 7) is 1.40. The SMILES string of the molecule is CC(Cc1ccc(O)cc1O)(NN)C(=O)O. The van der Waals surface area contributed by atoms with Crippen LogP contribution in [0.4, 0.5) is 0 Å². The van der Waals surface area contributed by atoms with Gasteiger partial charge in [0.05, 0.1) is 0 Å². The zero-order chi connectivity index (χ0) is 12.3. The fourth-order valence-corrected chi connectivity index (χ4v) is 1.27. The van der Waals surface area contributed by atoms with Crippen molar-refractivity contribution < 1.29 is 20.1 Å². The van der Waals surface area contributed by atoms with Crippen LogP contribution < -0.4 is 11.3 Å². The highest BCUT2D eigenvalue weighted by molar-refractivity contribution is 5.78. The van der Waals surface area contributed by atoms with E-state index in [9.17, 15) is 9.90 Å². The molecule has 0 heterocycles. The first-order valence-electron chi connectivity index (χ1n) is 4.61. The molecule has 6 nitrogen and oxygen atoms in total. The highest BCUT2D eigenvalue weighted by Crippen LogP contribution is 2.26. The molecule has 1 rings (SSSR count). The minimum atomic E-state index is -1.37. The number of carboxylic acids is 1. The first-order valence-corrected chi connectivity index (χ1v) is 4.61. The molecule has 1 atom stereocenters. The molecule has 1 aromatic carbocycles. The van der Waals surface area contributed by atoms with Crippen molar-refractivity contribution in [2.45, 2.75) is 18.9 Å². The van der Waals surface area contributed by atoms with Gasteiger partial charge in [0.25, 0.3) is 0 Å². The summed E-state index contributed by atoms with van der Waals surface area (Å²) in [5.74, 6) is 3.80. The normalized spacial score (nSPS) is 14.4. The number of nitrogens with one attached hydrogen (secondary N) is 1. The molecule has 6 N–H and O–H groups in total. The maximum atomic E-state index is 11.0. The smallest absolute Gasteiger partial charge is 0.325 e. The van der Waals surface area contributed by atoms with Gasteiger partial charge in [-0.05, 0) is 18.6 Å². The molecule has 1 unspecified atom stereocenters. The lowest BCUT2D eigenvalue weighted by atomic mass is 9.93. The molecule has 0 fully saturated rings. The Morgan fingerprint density at radius 2 is 2.12 bits per heavy atom. The van der Waals surface area contributed by atoms with Gasteiger partial charge in [-0.2, -0.15) is 0 Å². The number of nitrogens with two attached hydrogens (primary N) is 1. The molecule has 6 heteroatoms. The molecule has 0 saturated heterocycles. The van der Waals surface area contributed by atoms with E-state index in [0.29, 0.717) is 5.56 Å². The number of carbonyl (C=O) groups is 1. The van der Waals surface area contributed by atoms with Crippen LogP contribution in [0, 0.1) is 0 Å². The minimum absolute atomic E-state index is 0.00491. The Labute approximate surface area is 92.3 Å². The van der Waals surface area contributed by atoms with Crippen molar-refractivity contribution in [3.63, 3.8) is 0 Å². The van der Waals surface area contributed by atoms with Crippen molar-refractivity contribution >= 4 is 5.97 Å². The van der Waals surface area contributed by atoms with Gasteiger partial charge in [0.1, 0.15) is 17.0 Å². The van der Waals surface area contributed by atoms with E-state index in [-0.39, 0.29) is 17.9 Å². The zero-order valence-electron chi connectivity index (χ0n) is 8.77. The first-order chi connectivity index (χ1) is 7.39. The molecular weight excluding hydrogens is 212 g/mol. The third-order valence-corrected chi connectivity index (χ3v) is 2.40. The monoisotopic (exact) mass is 226 g/mol. The lowest BCUT2D eigenvalue weighted by molar-refractivity contribution is -0.144. The molecule has 0 spiro atoms. The van der Waals surface area contributed by atoms with Gasteiger partial charge in [0, 0.05) is 12.5 Å². The molecule has 88 valence electrons. The molecule has 0 amide bonds. The Morgan fingerprint density at radius 3 is 2.56 bits per heavy atom. The number of rotatable bonds is 4. The molecule has 0 bridgehead atoms. The van der Waals surface area contributed by atoms with E-state index in [4.69, 9.17) is 16.1 Å². The van der Waals surface area contributed by atoms with E-state index < -0.39 is 11.5 Å². The van der Waals surface area contributed by atoms with E-state index in [1.165, 1.54) is 19.1 Å². The Kier molecular flexibility index (Phi) is 3.36. The largest absolute Gasteiger partial charge is 0.508 e. The van der Waals surface area contributed by atoms with Crippen LogP contribution in [0.25, 0.3) is 0 Å². The summed E-state index contributed by atoms with van der Waals surface area (Å²) in [5.41, 5.74) is 1.22. The average Bonchev–Trinajstić information content (AvgIpc) is 2.22. The predicted octanol–water partition coefficient (Wildman–Crippen LogP) is -0.0531. The number of hydrazine groups is 1. The van der Waals surface area contributed by atoms with Crippen LogP contribution in [0.2, 0.25) is 0 Å². The standard InChI is InChI=1S/C10H14N2O4/c1-10(12-11,9(15)16)5-6-2-3-7(13)4-8(6)14/h2-4,12-14H,5,11H2,1H3,(H,15,16). The van der Waals surface area contributed by atoms with E-state index >= 15 is 0 Å². The van der Waals surface area contributed by atoms with Crippen LogP contribution in [0.15, 0.2) is 18.2 Å². The molecule has 0 aliphatic heterocycles. The molecular formula is C10H14N2O4. The number of benzene rings is 1. The number of hydrogen-bond acceptors (Lipinski definition) is 5. The predicted molar refractivity (Wildman–Crippen MR) is 56.8 cm³/mol. The van der Waals surface area contributed by atoms with Crippen LogP contribution in [-0.4, -0.2) is 26.8 Å². The summed E-state index contributed by atoms with van der Waals surface area (Å²) >= 11 is 0. The van der Waals surface area contributed by atoms with Crippen molar-refractivity contribution in [1.29, 1.82) is 0 Å². The third kappa shape index (κ3) is 2.41. The summed E-state index contributed by atoms with van der Waals surface area (Å²) < 4.78 is 0. The molecule has 1 aromatic rings. The van der Waals surface area contributed by atoms with Crippen molar-refractivity contribution in [3.8, 4) is 11.5 Å². The van der Waals surface area contributed by atoms with E-state index in [0.717, 1.165) is 6.07 Å². The van der Waals surface area contributed by atoms with Gasteiger partial charge in [-0.15, -0.1) is 0 Å². The first kappa shape index (κ1) is 12.3. The Bertz CT molecular complexity index is 408. The summed E-state index contributed by atoms with van der Waals surface area (Å²) in [5, 5.41) is 27.6. The maximum absolute atomic E-state index is 11.0. The number of aliphatic carboxylic acids is 1. The lowest BCUT2D eigenvalue weighted by Gasteiger charge is -2.24. The fraction of sp³-hybridized carbons (Fsp3) is 0.300. The van der Waals surface area contributed by atoms with Gasteiger partial charge >= 0.3 is 5.97 Å². The zero-order valence-corrected chi connectivity index (χ0v) is 8.77. The summed E-state index contributed by atoms with van der Waals surface area (Å²) in [6.07, 6.45) is 0.00491. The number of carboxylic acid groups (broad SMARTS) is 1. The molecule has 0 radical (unpaired) electrons. The van der Waals surface area contributed by atoms with Crippen molar-refractivity contribution in [3.05, 3.63) is 23.8 Å². The van der Waals surface area contributed by atoms with Crippen LogP contribution in [-0.2, 0) is 11.2 Å². The van der Waals surface area contributed by atoms with Gasteiger partial charge in [-0.1, -0.05) is 6.07 Å². The number of hydrogen-bond donors (Lipinski definition) is 5. The van der Waals surface area contributed by atoms with Crippen LogP contribution in [0.1, 0.15) is 12.5 Å². The molecule has 0 aliphatic carbocycles. The van der Waals surface area contributed by atoms with Gasteiger partial charge in [0.2, 0.25) is 0 Å². The Hall–Kier alpha value is -1.79. The summed E-state index contributed by atoms with van der Waals surface area (Å²) in [7, 11) is 0. The highest BCUT2D eigenvalue weighted by Gasteiger charge is 2.32. The second-order valence-corrected chi connectivity index (χ2v) is 3.77. The van der Waals surface area contributed by atoms with Crippen molar-refractivity contribution in [2.75, 3.05) is 0 Å². The highest BCUT2D eigenvalue weighted by atomic mass is 16.4. The quantitative estimate of drug-likeness (QED) is 0.363. The fourth-order valence-electron chi connectivity index (χ4n) is 1.27. The van der Waals surface area contributed by atoms with Crippen molar-refractivity contribution in [2.24, 2.45) is 5.84 Å². The van der Waals surface area contributed by atoms with Gasteiger partial charge in [-0.25, -0.2) is 5.43 Å². The maximum Gasteiger partial charge on any atom is 0.325 e. The van der Waals surface area contributed by atoms with Crippen LogP contribution in [0.3, 0.4) is 0 Å². The minimum Gasteiger partial charge on any atom is -0.508 e. The molecule has 0 aromatic heterocycles.